The first-order chi connectivity index (χ1) is 8.70. The number of allylic oxidation sites excluding steroid dienone is 1. The number of esters is 1. The molecule has 100 valence electrons. The molecule has 0 aliphatic carbocycles. The van der Waals surface area contributed by atoms with E-state index in [2.05, 4.69) is 9.89 Å². The van der Waals surface area contributed by atoms with Gasteiger partial charge in [-0.25, -0.2) is 4.99 Å². The second-order valence-corrected chi connectivity index (χ2v) is 4.75. The molecule has 18 heavy (non-hydrogen) atoms. The van der Waals surface area contributed by atoms with E-state index in [0.717, 1.165) is 38.8 Å². The number of nitrogens with two attached hydrogens (primary N) is 1. The molecule has 2 N–H and O–H groups in total. The molecule has 0 amide bonds. The quantitative estimate of drug-likeness (QED) is 0.767. The molecule has 2 aliphatic heterocycles. The Morgan fingerprint density at radius 1 is 1.50 bits per heavy atom. The van der Waals surface area contributed by atoms with Crippen LogP contribution < -0.4 is 5.73 Å². The predicted molar refractivity (Wildman–Crippen MR) is 69.9 cm³/mol. The van der Waals surface area contributed by atoms with Crippen molar-refractivity contribution in [3.05, 3.63) is 11.9 Å². The van der Waals surface area contributed by atoms with E-state index in [-0.39, 0.29) is 11.9 Å². The fraction of sp³-hybridized carbons (Fsp3) is 0.692. The highest BCUT2D eigenvalue weighted by Gasteiger charge is 2.27. The van der Waals surface area contributed by atoms with E-state index in [1.54, 1.807) is 0 Å². The summed E-state index contributed by atoms with van der Waals surface area (Å²) in [6.45, 7) is 4.13. The van der Waals surface area contributed by atoms with Crippen molar-refractivity contribution in [3.63, 3.8) is 0 Å². The Bertz CT molecular complexity index is 368. The summed E-state index contributed by atoms with van der Waals surface area (Å²) < 4.78 is 5.07. The molecule has 0 atom stereocenters. The summed E-state index contributed by atoms with van der Waals surface area (Å²) in [6.07, 6.45) is 5.40. The predicted octanol–water partition coefficient (Wildman–Crippen LogP) is 1.25. The summed E-state index contributed by atoms with van der Waals surface area (Å²) in [7, 11) is 0. The van der Waals surface area contributed by atoms with Gasteiger partial charge in [0.1, 0.15) is 0 Å². The Balaban J connectivity index is 1.85. The highest BCUT2D eigenvalue weighted by atomic mass is 16.5. The van der Waals surface area contributed by atoms with E-state index in [4.69, 9.17) is 10.5 Å². The summed E-state index contributed by atoms with van der Waals surface area (Å²) in [6, 6.07) is 0. The number of amidine groups is 1. The van der Waals surface area contributed by atoms with Gasteiger partial charge in [-0.05, 0) is 26.2 Å². The molecule has 1 fully saturated rings. The van der Waals surface area contributed by atoms with Gasteiger partial charge in [0.15, 0.2) is 0 Å². The van der Waals surface area contributed by atoms with Crippen molar-refractivity contribution in [2.45, 2.75) is 32.6 Å². The molecule has 1 saturated heterocycles. The van der Waals surface area contributed by atoms with Gasteiger partial charge in [-0.3, -0.25) is 4.79 Å². The van der Waals surface area contributed by atoms with E-state index < -0.39 is 0 Å². The lowest BCUT2D eigenvalue weighted by atomic mass is 9.96. The molecule has 2 rings (SSSR count). The molecule has 0 radical (unpaired) electrons. The van der Waals surface area contributed by atoms with Crippen LogP contribution in [0.25, 0.3) is 0 Å². The number of hydrogen-bond donors (Lipinski definition) is 1. The Labute approximate surface area is 108 Å². The standard InChI is InChI=1S/C13H21N3O2/c1-2-18-13(17)10-5-7-16(8-6-10)11-3-4-12(14)15-9-11/h9-10H,2-8H2,1H3,(H2,14,15). The topological polar surface area (TPSA) is 67.9 Å². The van der Waals surface area contributed by atoms with E-state index in [1.165, 1.54) is 5.70 Å². The zero-order valence-electron chi connectivity index (χ0n) is 10.9. The van der Waals surface area contributed by atoms with Crippen LogP contribution in [-0.2, 0) is 9.53 Å². The fourth-order valence-corrected chi connectivity index (χ4v) is 2.44. The SMILES string of the molecule is CCOC(=O)C1CCN(C2=CN=C(N)CC2)CC1. The number of hydrogen-bond acceptors (Lipinski definition) is 5. The van der Waals surface area contributed by atoms with Crippen LogP contribution in [0.3, 0.4) is 0 Å². The van der Waals surface area contributed by atoms with Crippen molar-refractivity contribution in [2.75, 3.05) is 19.7 Å². The molecule has 0 aromatic carbocycles. The first kappa shape index (κ1) is 12.9. The van der Waals surface area contributed by atoms with Gasteiger partial charge < -0.3 is 15.4 Å². The minimum atomic E-state index is -0.0444. The summed E-state index contributed by atoms with van der Waals surface area (Å²) in [5.41, 5.74) is 6.89. The number of ether oxygens (including phenoxy) is 1. The molecule has 2 heterocycles. The molecule has 0 aromatic heterocycles. The van der Waals surface area contributed by atoms with Crippen molar-refractivity contribution >= 4 is 11.8 Å². The van der Waals surface area contributed by atoms with Gasteiger partial charge in [-0.1, -0.05) is 0 Å². The van der Waals surface area contributed by atoms with Crippen LogP contribution in [0.1, 0.15) is 32.6 Å². The van der Waals surface area contributed by atoms with Gasteiger partial charge in [0, 0.05) is 31.4 Å². The van der Waals surface area contributed by atoms with Gasteiger partial charge >= 0.3 is 5.97 Å². The van der Waals surface area contributed by atoms with Crippen molar-refractivity contribution in [1.82, 2.24) is 4.90 Å². The summed E-state index contributed by atoms with van der Waals surface area (Å²) in [4.78, 5) is 18.1. The summed E-state index contributed by atoms with van der Waals surface area (Å²) >= 11 is 0. The normalized spacial score (nSPS) is 21.3. The second kappa shape index (κ2) is 5.89. The molecule has 0 bridgehead atoms. The van der Waals surface area contributed by atoms with Crippen LogP contribution >= 0.6 is 0 Å². The molecule has 0 saturated carbocycles. The number of likely N-dealkylation sites (tertiary alicyclic amines) is 1. The summed E-state index contributed by atoms with van der Waals surface area (Å²) in [5.74, 6) is 0.733. The lowest BCUT2D eigenvalue weighted by Crippen LogP contribution is -2.37. The number of rotatable bonds is 3. The van der Waals surface area contributed by atoms with Crippen LogP contribution in [0.5, 0.6) is 0 Å². The molecule has 0 spiro atoms. The third-order valence-electron chi connectivity index (χ3n) is 3.54. The molecule has 5 heteroatoms. The highest BCUT2D eigenvalue weighted by Crippen LogP contribution is 2.24. The second-order valence-electron chi connectivity index (χ2n) is 4.75. The van der Waals surface area contributed by atoms with Gasteiger partial charge in [0.2, 0.25) is 0 Å². The molecule has 0 unspecified atom stereocenters. The van der Waals surface area contributed by atoms with Crippen LogP contribution in [0.2, 0.25) is 0 Å². The lowest BCUT2D eigenvalue weighted by molar-refractivity contribution is -0.149. The zero-order chi connectivity index (χ0) is 13.0. The first-order valence-corrected chi connectivity index (χ1v) is 6.63. The maximum absolute atomic E-state index is 11.6. The maximum Gasteiger partial charge on any atom is 0.309 e. The largest absolute Gasteiger partial charge is 0.466 e. The zero-order valence-corrected chi connectivity index (χ0v) is 10.9. The highest BCUT2D eigenvalue weighted by molar-refractivity contribution is 5.81. The van der Waals surface area contributed by atoms with E-state index in [0.29, 0.717) is 12.4 Å². The molecule has 2 aliphatic rings. The van der Waals surface area contributed by atoms with Crippen molar-refractivity contribution < 1.29 is 9.53 Å². The van der Waals surface area contributed by atoms with Crippen LogP contribution in [0, 0.1) is 5.92 Å². The average molecular weight is 251 g/mol. The molecular weight excluding hydrogens is 230 g/mol. The third-order valence-corrected chi connectivity index (χ3v) is 3.54. The molecule has 5 nitrogen and oxygen atoms in total. The Hall–Kier alpha value is -1.52. The van der Waals surface area contributed by atoms with Gasteiger partial charge in [0.05, 0.1) is 18.4 Å². The van der Waals surface area contributed by atoms with Crippen molar-refractivity contribution in [1.29, 1.82) is 0 Å². The van der Waals surface area contributed by atoms with Crippen molar-refractivity contribution in [3.8, 4) is 0 Å². The Morgan fingerprint density at radius 3 is 2.78 bits per heavy atom. The lowest BCUT2D eigenvalue weighted by Gasteiger charge is -2.34. The van der Waals surface area contributed by atoms with Crippen LogP contribution in [0.15, 0.2) is 16.9 Å². The molecule has 0 aromatic rings. The smallest absolute Gasteiger partial charge is 0.309 e. The number of aliphatic imine (C=N–C) groups is 1. The van der Waals surface area contributed by atoms with E-state index in [9.17, 15) is 4.79 Å². The Kier molecular flexibility index (Phi) is 4.23. The van der Waals surface area contributed by atoms with Gasteiger partial charge in [0.25, 0.3) is 0 Å². The summed E-state index contributed by atoms with van der Waals surface area (Å²) in [5, 5.41) is 0. The number of carbonyl (C=O) groups is 1. The molecular formula is C13H21N3O2. The van der Waals surface area contributed by atoms with Gasteiger partial charge in [-0.2, -0.15) is 0 Å². The monoisotopic (exact) mass is 251 g/mol. The maximum atomic E-state index is 11.6. The number of carbonyl (C=O) groups excluding carboxylic acids is 1. The van der Waals surface area contributed by atoms with E-state index in [1.807, 2.05) is 13.1 Å². The minimum absolute atomic E-state index is 0.0444. The minimum Gasteiger partial charge on any atom is -0.466 e. The van der Waals surface area contributed by atoms with Crippen LogP contribution in [0.4, 0.5) is 0 Å². The first-order valence-electron chi connectivity index (χ1n) is 6.63. The van der Waals surface area contributed by atoms with E-state index >= 15 is 0 Å². The van der Waals surface area contributed by atoms with Crippen LogP contribution in [-0.4, -0.2) is 36.4 Å². The average Bonchev–Trinajstić information content (AvgIpc) is 2.40. The number of nitrogens with zero attached hydrogens (tertiary/aromatic N) is 2. The number of piperidine rings is 1. The fourth-order valence-electron chi connectivity index (χ4n) is 2.44. The Morgan fingerprint density at radius 2 is 2.22 bits per heavy atom. The third kappa shape index (κ3) is 3.03. The van der Waals surface area contributed by atoms with Crippen molar-refractivity contribution in [2.24, 2.45) is 16.6 Å². The van der Waals surface area contributed by atoms with Gasteiger partial charge in [-0.15, -0.1) is 0 Å².